The molecule has 2 rings (SSSR count). The molecule has 6 nitrogen and oxygen atoms in total. The average Bonchev–Trinajstić information content (AvgIpc) is 2.45. The van der Waals surface area contributed by atoms with Gasteiger partial charge in [-0.2, -0.15) is 5.10 Å². The summed E-state index contributed by atoms with van der Waals surface area (Å²) in [5.41, 5.74) is 0.665. The van der Waals surface area contributed by atoms with E-state index in [1.807, 2.05) is 32.9 Å². The molecule has 0 unspecified atom stereocenters. The molecule has 0 bridgehead atoms. The molecule has 0 aliphatic carbocycles. The number of aldehydes is 1. The molecule has 2 heterocycles. The topological polar surface area (TPSA) is 76.9 Å². The molecule has 0 aromatic carbocycles. The van der Waals surface area contributed by atoms with Gasteiger partial charge in [-0.15, -0.1) is 0 Å². The third-order valence-corrected chi connectivity index (χ3v) is 3.00. The second-order valence-corrected chi connectivity index (χ2v) is 5.69. The Labute approximate surface area is 122 Å². The molecule has 0 spiro atoms. The van der Waals surface area contributed by atoms with Crippen molar-refractivity contribution in [1.82, 2.24) is 14.8 Å². The molecular formula is C15H18N4O2. The number of pyridine rings is 1. The van der Waals surface area contributed by atoms with E-state index in [4.69, 9.17) is 0 Å². The highest BCUT2D eigenvalue weighted by atomic mass is 16.1. The van der Waals surface area contributed by atoms with Gasteiger partial charge in [-0.1, -0.05) is 0 Å². The number of hydrogen-bond donors (Lipinski definition) is 1. The van der Waals surface area contributed by atoms with E-state index >= 15 is 0 Å². The van der Waals surface area contributed by atoms with Gasteiger partial charge in [0.05, 0.1) is 17.4 Å². The first-order valence-electron chi connectivity index (χ1n) is 6.64. The fourth-order valence-electron chi connectivity index (χ4n) is 1.90. The molecule has 0 aliphatic rings. The van der Waals surface area contributed by atoms with Gasteiger partial charge < -0.3 is 5.32 Å². The van der Waals surface area contributed by atoms with E-state index in [0.717, 1.165) is 5.56 Å². The van der Waals surface area contributed by atoms with Crippen LogP contribution in [0, 0.1) is 0 Å². The largest absolute Gasteiger partial charge is 0.379 e. The molecule has 0 fully saturated rings. The van der Waals surface area contributed by atoms with E-state index in [1.165, 1.54) is 10.9 Å². The number of hydrogen-bond acceptors (Lipinski definition) is 5. The number of rotatable bonds is 4. The Morgan fingerprint density at radius 3 is 2.52 bits per heavy atom. The second-order valence-electron chi connectivity index (χ2n) is 5.69. The smallest absolute Gasteiger partial charge is 0.279 e. The minimum absolute atomic E-state index is 0.0916. The number of nitrogens with zero attached hydrogens (tertiary/aromatic N) is 3. The van der Waals surface area contributed by atoms with E-state index in [2.05, 4.69) is 15.4 Å². The lowest BCUT2D eigenvalue weighted by Crippen LogP contribution is -2.38. The van der Waals surface area contributed by atoms with Gasteiger partial charge in [-0.25, -0.2) is 4.68 Å². The van der Waals surface area contributed by atoms with Crippen molar-refractivity contribution in [2.45, 2.75) is 32.9 Å². The molecule has 2 aromatic rings. The molecule has 2 aromatic heterocycles. The van der Waals surface area contributed by atoms with Crippen LogP contribution in [-0.4, -0.2) is 21.1 Å². The molecule has 6 heteroatoms. The maximum atomic E-state index is 12.3. The maximum Gasteiger partial charge on any atom is 0.279 e. The van der Waals surface area contributed by atoms with Crippen LogP contribution >= 0.6 is 0 Å². The highest BCUT2D eigenvalue weighted by molar-refractivity contribution is 5.83. The zero-order chi connectivity index (χ0) is 15.5. The van der Waals surface area contributed by atoms with Gasteiger partial charge in [0, 0.05) is 18.9 Å². The molecule has 0 radical (unpaired) electrons. The van der Waals surface area contributed by atoms with Crippen LogP contribution in [0.15, 0.2) is 35.5 Å². The van der Waals surface area contributed by atoms with Crippen molar-refractivity contribution < 1.29 is 4.79 Å². The van der Waals surface area contributed by atoms with Gasteiger partial charge in [0.15, 0.2) is 6.29 Å². The monoisotopic (exact) mass is 286 g/mol. The summed E-state index contributed by atoms with van der Waals surface area (Å²) in [6, 6.07) is 3.72. The molecule has 0 atom stereocenters. The Balaban J connectivity index is 2.31. The lowest BCUT2D eigenvalue weighted by molar-refractivity contribution is 0.112. The van der Waals surface area contributed by atoms with Crippen molar-refractivity contribution in [2.24, 2.45) is 0 Å². The molecule has 1 N–H and O–H groups in total. The van der Waals surface area contributed by atoms with Crippen LogP contribution in [0.5, 0.6) is 0 Å². The minimum atomic E-state index is -0.474. The number of nitrogens with one attached hydrogen (secondary N) is 1. The minimum Gasteiger partial charge on any atom is -0.379 e. The Kier molecular flexibility index (Phi) is 4.16. The zero-order valence-corrected chi connectivity index (χ0v) is 12.3. The molecule has 21 heavy (non-hydrogen) atoms. The molecule has 110 valence electrons. The Hall–Kier alpha value is -2.50. The van der Waals surface area contributed by atoms with E-state index in [1.54, 1.807) is 12.4 Å². The van der Waals surface area contributed by atoms with Gasteiger partial charge >= 0.3 is 0 Å². The first kappa shape index (κ1) is 14.9. The lowest BCUT2D eigenvalue weighted by atomic mass is 10.1. The van der Waals surface area contributed by atoms with Crippen LogP contribution in [0.1, 0.15) is 36.7 Å². The summed E-state index contributed by atoms with van der Waals surface area (Å²) in [7, 11) is 0. The van der Waals surface area contributed by atoms with Crippen molar-refractivity contribution in [3.8, 4) is 0 Å². The normalized spacial score (nSPS) is 11.2. The maximum absolute atomic E-state index is 12.3. The quantitative estimate of drug-likeness (QED) is 0.867. The van der Waals surface area contributed by atoms with Crippen LogP contribution in [0.3, 0.4) is 0 Å². The Morgan fingerprint density at radius 2 is 1.95 bits per heavy atom. The number of anilines is 1. The fourth-order valence-corrected chi connectivity index (χ4v) is 1.90. The molecule has 0 aliphatic heterocycles. The molecular weight excluding hydrogens is 268 g/mol. The van der Waals surface area contributed by atoms with E-state index in [9.17, 15) is 9.59 Å². The lowest BCUT2D eigenvalue weighted by Gasteiger charge is -2.21. The zero-order valence-electron chi connectivity index (χ0n) is 12.3. The highest BCUT2D eigenvalue weighted by Gasteiger charge is 2.19. The average molecular weight is 286 g/mol. The highest BCUT2D eigenvalue weighted by Crippen LogP contribution is 2.14. The van der Waals surface area contributed by atoms with Crippen LogP contribution in [0.4, 0.5) is 5.69 Å². The fraction of sp³-hybridized carbons (Fsp3) is 0.333. The van der Waals surface area contributed by atoms with Crippen molar-refractivity contribution in [2.75, 3.05) is 5.32 Å². The van der Waals surface area contributed by atoms with Crippen molar-refractivity contribution in [3.63, 3.8) is 0 Å². The van der Waals surface area contributed by atoms with Crippen LogP contribution in [-0.2, 0) is 12.1 Å². The standard InChI is InChI=1S/C15H18N4O2/c1-15(2,3)19-14(21)12(10-20)13(9-18-19)17-8-11-4-6-16-7-5-11/h4-7,9-10,17H,8H2,1-3H3. The third-order valence-electron chi connectivity index (χ3n) is 3.00. The summed E-state index contributed by atoms with van der Waals surface area (Å²) in [5, 5.41) is 7.21. The predicted octanol–water partition coefficient (Wildman–Crippen LogP) is 1.82. The van der Waals surface area contributed by atoms with Crippen molar-refractivity contribution in [3.05, 3.63) is 52.2 Å². The van der Waals surface area contributed by atoms with Crippen LogP contribution in [0.2, 0.25) is 0 Å². The second kappa shape index (κ2) is 5.87. The predicted molar refractivity (Wildman–Crippen MR) is 80.4 cm³/mol. The first-order chi connectivity index (χ1) is 9.93. The van der Waals surface area contributed by atoms with Crippen LogP contribution in [0.25, 0.3) is 0 Å². The number of carbonyl (C=O) groups excluding carboxylic acids is 1. The van der Waals surface area contributed by atoms with Crippen molar-refractivity contribution in [1.29, 1.82) is 0 Å². The van der Waals surface area contributed by atoms with E-state index in [0.29, 0.717) is 18.5 Å². The summed E-state index contributed by atoms with van der Waals surface area (Å²) < 4.78 is 1.31. The first-order valence-corrected chi connectivity index (χ1v) is 6.64. The Morgan fingerprint density at radius 1 is 1.29 bits per heavy atom. The Bertz CT molecular complexity index is 687. The summed E-state index contributed by atoms with van der Waals surface area (Å²) >= 11 is 0. The number of carbonyl (C=O) groups is 1. The third kappa shape index (κ3) is 3.34. The van der Waals surface area contributed by atoms with Crippen molar-refractivity contribution >= 4 is 12.0 Å². The van der Waals surface area contributed by atoms with Gasteiger partial charge in [-0.3, -0.25) is 14.6 Å². The SMILES string of the molecule is CC(C)(C)n1ncc(NCc2ccncc2)c(C=O)c1=O. The summed E-state index contributed by atoms with van der Waals surface area (Å²) in [6.07, 6.45) is 5.46. The van der Waals surface area contributed by atoms with Crippen LogP contribution < -0.4 is 10.9 Å². The van der Waals surface area contributed by atoms with Gasteiger partial charge in [-0.05, 0) is 38.5 Å². The van der Waals surface area contributed by atoms with Gasteiger partial charge in [0.25, 0.3) is 5.56 Å². The summed E-state index contributed by atoms with van der Waals surface area (Å²) in [6.45, 7) is 6.07. The summed E-state index contributed by atoms with van der Waals surface area (Å²) in [5.74, 6) is 0. The van der Waals surface area contributed by atoms with E-state index in [-0.39, 0.29) is 5.56 Å². The van der Waals surface area contributed by atoms with Gasteiger partial charge in [0.2, 0.25) is 0 Å². The molecule has 0 saturated heterocycles. The van der Waals surface area contributed by atoms with Gasteiger partial charge in [0.1, 0.15) is 5.56 Å². The summed E-state index contributed by atoms with van der Waals surface area (Å²) in [4.78, 5) is 27.5. The van der Waals surface area contributed by atoms with E-state index < -0.39 is 11.1 Å². The number of aromatic nitrogens is 3. The molecule has 0 amide bonds. The molecule has 0 saturated carbocycles.